The predicted octanol–water partition coefficient (Wildman–Crippen LogP) is 4.38. The Kier molecular flexibility index (Phi) is 4.91. The van der Waals surface area contributed by atoms with Gasteiger partial charge in [-0.1, -0.05) is 24.5 Å². The molecule has 1 amide bonds. The minimum Gasteiger partial charge on any atom is -0.337 e. The molecule has 1 aromatic carbocycles. The third-order valence-electron chi connectivity index (χ3n) is 3.82. The van der Waals surface area contributed by atoms with Crippen LogP contribution in [0.2, 0.25) is 0 Å². The second-order valence-electron chi connectivity index (χ2n) is 5.27. The fraction of sp³-hybridized carbons (Fsp3) is 0.533. The van der Waals surface area contributed by atoms with E-state index in [0.717, 1.165) is 34.9 Å². The Morgan fingerprint density at radius 3 is 2.74 bits per heavy atom. The Morgan fingerprint density at radius 1 is 1.37 bits per heavy atom. The van der Waals surface area contributed by atoms with Crippen LogP contribution in [-0.2, 0) is 0 Å². The van der Waals surface area contributed by atoms with Crippen LogP contribution in [0.15, 0.2) is 22.7 Å². The topological polar surface area (TPSA) is 20.3 Å². The number of halogens is 2. The number of rotatable bonds is 2. The Bertz CT molecular complexity index is 477. The monoisotopic (exact) mass is 343 g/mol. The molecule has 2 rings (SSSR count). The highest BCUT2D eigenvalue weighted by atomic mass is 79.9. The van der Waals surface area contributed by atoms with Crippen molar-refractivity contribution in [1.82, 2.24) is 4.90 Å². The number of aryl methyl sites for hydroxylation is 1. The van der Waals surface area contributed by atoms with E-state index >= 15 is 0 Å². The first-order valence-electron chi connectivity index (χ1n) is 6.68. The summed E-state index contributed by atoms with van der Waals surface area (Å²) in [6.45, 7) is 1.99. The third kappa shape index (κ3) is 3.32. The molecule has 1 aliphatic carbocycles. The number of amides is 1. The molecule has 1 aliphatic rings. The summed E-state index contributed by atoms with van der Waals surface area (Å²) in [5.74, 6) is 0.0492. The highest BCUT2D eigenvalue weighted by Gasteiger charge is 2.30. The van der Waals surface area contributed by atoms with E-state index in [1.54, 1.807) is 0 Å². The maximum Gasteiger partial charge on any atom is 0.255 e. The van der Waals surface area contributed by atoms with Crippen molar-refractivity contribution >= 4 is 33.4 Å². The summed E-state index contributed by atoms with van der Waals surface area (Å²) in [5.41, 5.74) is 1.81. The van der Waals surface area contributed by atoms with Crippen LogP contribution in [0.1, 0.15) is 41.6 Å². The van der Waals surface area contributed by atoms with Crippen LogP contribution in [0, 0.1) is 6.92 Å². The van der Waals surface area contributed by atoms with Crippen LogP contribution in [0.4, 0.5) is 0 Å². The maximum absolute atomic E-state index is 12.6. The first-order chi connectivity index (χ1) is 9.00. The standard InChI is InChI=1S/C15H19BrClNO/c1-10-7-8-12(16)11(9-10)15(19)18(2)14-6-4-3-5-13(14)17/h7-9,13-14H,3-6H2,1-2H3. The number of nitrogens with zero attached hydrogens (tertiary/aromatic N) is 1. The van der Waals surface area contributed by atoms with Gasteiger partial charge in [-0.3, -0.25) is 4.79 Å². The maximum atomic E-state index is 12.6. The summed E-state index contributed by atoms with van der Waals surface area (Å²) in [5, 5.41) is 0.0753. The van der Waals surface area contributed by atoms with E-state index in [2.05, 4.69) is 15.9 Å². The molecule has 0 radical (unpaired) electrons. The van der Waals surface area contributed by atoms with Crippen molar-refractivity contribution in [2.75, 3.05) is 7.05 Å². The number of alkyl halides is 1. The van der Waals surface area contributed by atoms with Crippen molar-refractivity contribution in [3.63, 3.8) is 0 Å². The van der Waals surface area contributed by atoms with E-state index in [0.29, 0.717) is 0 Å². The first kappa shape index (κ1) is 14.9. The molecule has 1 saturated carbocycles. The second kappa shape index (κ2) is 6.27. The highest BCUT2D eigenvalue weighted by molar-refractivity contribution is 9.10. The summed E-state index contributed by atoms with van der Waals surface area (Å²) < 4.78 is 0.844. The number of benzene rings is 1. The van der Waals surface area contributed by atoms with Crippen molar-refractivity contribution in [3.8, 4) is 0 Å². The van der Waals surface area contributed by atoms with Crippen LogP contribution < -0.4 is 0 Å². The van der Waals surface area contributed by atoms with Gasteiger partial charge in [0.1, 0.15) is 0 Å². The van der Waals surface area contributed by atoms with Crippen LogP contribution in [0.3, 0.4) is 0 Å². The zero-order valence-corrected chi connectivity index (χ0v) is 13.7. The lowest BCUT2D eigenvalue weighted by Crippen LogP contribution is -2.44. The SMILES string of the molecule is Cc1ccc(Br)c(C(=O)N(C)C2CCCCC2Cl)c1. The van der Waals surface area contributed by atoms with Crippen molar-refractivity contribution in [1.29, 1.82) is 0 Å². The van der Waals surface area contributed by atoms with Gasteiger partial charge in [0.2, 0.25) is 0 Å². The zero-order valence-electron chi connectivity index (χ0n) is 11.3. The molecule has 1 fully saturated rings. The normalized spacial score (nSPS) is 23.2. The van der Waals surface area contributed by atoms with E-state index in [9.17, 15) is 4.79 Å². The summed E-state index contributed by atoms with van der Waals surface area (Å²) in [7, 11) is 1.86. The minimum absolute atomic E-state index is 0.0492. The van der Waals surface area contributed by atoms with Gasteiger partial charge in [0, 0.05) is 17.6 Å². The van der Waals surface area contributed by atoms with Gasteiger partial charge >= 0.3 is 0 Å². The van der Waals surface area contributed by atoms with E-state index in [1.165, 1.54) is 6.42 Å². The molecule has 2 atom stereocenters. The largest absolute Gasteiger partial charge is 0.337 e. The molecule has 104 valence electrons. The van der Waals surface area contributed by atoms with Crippen LogP contribution in [-0.4, -0.2) is 29.3 Å². The van der Waals surface area contributed by atoms with Gasteiger partial charge in [-0.15, -0.1) is 11.6 Å². The number of carbonyl (C=O) groups is 1. The molecular weight excluding hydrogens is 326 g/mol. The van der Waals surface area contributed by atoms with Crippen LogP contribution in [0.5, 0.6) is 0 Å². The summed E-state index contributed by atoms with van der Waals surface area (Å²) in [6, 6.07) is 5.99. The van der Waals surface area contributed by atoms with Gasteiger partial charge in [0.25, 0.3) is 5.91 Å². The van der Waals surface area contributed by atoms with Gasteiger partial charge < -0.3 is 4.90 Å². The molecule has 0 heterocycles. The molecule has 4 heteroatoms. The predicted molar refractivity (Wildman–Crippen MR) is 82.9 cm³/mol. The third-order valence-corrected chi connectivity index (χ3v) is 5.02. The van der Waals surface area contributed by atoms with Crippen molar-refractivity contribution in [2.45, 2.75) is 44.0 Å². The van der Waals surface area contributed by atoms with E-state index in [4.69, 9.17) is 11.6 Å². The van der Waals surface area contributed by atoms with Gasteiger partial charge in [-0.25, -0.2) is 0 Å². The van der Waals surface area contributed by atoms with Gasteiger partial charge in [0.05, 0.1) is 10.9 Å². The molecule has 2 nitrogen and oxygen atoms in total. The molecular formula is C15H19BrClNO. The quantitative estimate of drug-likeness (QED) is 0.729. The first-order valence-corrected chi connectivity index (χ1v) is 7.91. The van der Waals surface area contributed by atoms with Gasteiger partial charge in [-0.2, -0.15) is 0 Å². The Labute approximate surface area is 128 Å². The van der Waals surface area contributed by atoms with E-state index in [-0.39, 0.29) is 17.3 Å². The molecule has 19 heavy (non-hydrogen) atoms. The summed E-state index contributed by atoms with van der Waals surface area (Å²) >= 11 is 9.83. The van der Waals surface area contributed by atoms with Crippen LogP contribution in [0.25, 0.3) is 0 Å². The molecule has 0 aliphatic heterocycles. The number of carbonyl (C=O) groups excluding carboxylic acids is 1. The smallest absolute Gasteiger partial charge is 0.255 e. The lowest BCUT2D eigenvalue weighted by molar-refractivity contribution is 0.0699. The van der Waals surface area contributed by atoms with Gasteiger partial charge in [0.15, 0.2) is 0 Å². The molecule has 0 saturated heterocycles. The Balaban J connectivity index is 2.20. The summed E-state index contributed by atoms with van der Waals surface area (Å²) in [6.07, 6.45) is 4.32. The van der Waals surface area contributed by atoms with Gasteiger partial charge in [-0.05, 0) is 47.8 Å². The molecule has 2 unspecified atom stereocenters. The second-order valence-corrected chi connectivity index (χ2v) is 6.68. The molecule has 1 aromatic rings. The molecule has 0 aromatic heterocycles. The fourth-order valence-corrected chi connectivity index (χ4v) is 3.51. The minimum atomic E-state index is 0.0492. The lowest BCUT2D eigenvalue weighted by atomic mass is 9.93. The number of hydrogen-bond acceptors (Lipinski definition) is 1. The zero-order chi connectivity index (χ0) is 14.0. The summed E-state index contributed by atoms with van der Waals surface area (Å²) in [4.78, 5) is 14.4. The average molecular weight is 345 g/mol. The van der Waals surface area contributed by atoms with Crippen molar-refractivity contribution < 1.29 is 4.79 Å². The highest BCUT2D eigenvalue weighted by Crippen LogP contribution is 2.28. The lowest BCUT2D eigenvalue weighted by Gasteiger charge is -2.35. The van der Waals surface area contributed by atoms with Crippen molar-refractivity contribution in [3.05, 3.63) is 33.8 Å². The van der Waals surface area contributed by atoms with E-state index < -0.39 is 0 Å². The Hall–Kier alpha value is -0.540. The molecule has 0 N–H and O–H groups in total. The molecule has 0 bridgehead atoms. The fourth-order valence-electron chi connectivity index (χ4n) is 2.65. The Morgan fingerprint density at radius 2 is 2.05 bits per heavy atom. The molecule has 0 spiro atoms. The number of hydrogen-bond donors (Lipinski definition) is 0. The average Bonchev–Trinajstić information content (AvgIpc) is 2.40. The van der Waals surface area contributed by atoms with Crippen LogP contribution >= 0.6 is 27.5 Å². The van der Waals surface area contributed by atoms with Crippen molar-refractivity contribution in [2.24, 2.45) is 0 Å². The van der Waals surface area contributed by atoms with E-state index in [1.807, 2.05) is 37.1 Å².